The van der Waals surface area contributed by atoms with E-state index in [1.54, 1.807) is 11.8 Å². The van der Waals surface area contributed by atoms with Crippen molar-refractivity contribution in [3.05, 3.63) is 29.6 Å². The third-order valence-corrected chi connectivity index (χ3v) is 5.79. The smallest absolute Gasteiger partial charge is 0.246 e. The highest BCUT2D eigenvalue weighted by molar-refractivity contribution is 7.89. The van der Waals surface area contributed by atoms with Crippen LogP contribution in [0.5, 0.6) is 0 Å². The fraction of sp³-hybridized carbons (Fsp3) is 0.562. The highest BCUT2D eigenvalue weighted by Crippen LogP contribution is 2.23. The number of halogens is 1. The number of amides is 1. The van der Waals surface area contributed by atoms with Crippen LogP contribution in [0.15, 0.2) is 23.1 Å². The molecule has 1 aromatic rings. The van der Waals surface area contributed by atoms with Gasteiger partial charge in [-0.1, -0.05) is 26.8 Å². The summed E-state index contributed by atoms with van der Waals surface area (Å²) in [5.41, 5.74) is 0.190. The quantitative estimate of drug-likeness (QED) is 0.826. The maximum atomic E-state index is 13.9. The number of hydrogen-bond donors (Lipinski definition) is 0. The van der Waals surface area contributed by atoms with Crippen LogP contribution in [-0.2, 0) is 14.8 Å². The lowest BCUT2D eigenvalue weighted by atomic mass is 9.94. The molecule has 1 amide bonds. The van der Waals surface area contributed by atoms with Gasteiger partial charge in [0.15, 0.2) is 0 Å². The number of carbonyl (C=O) groups excluding carboxylic acids is 1. The first-order valence-corrected chi connectivity index (χ1v) is 9.03. The van der Waals surface area contributed by atoms with Gasteiger partial charge in [-0.2, -0.15) is 4.31 Å². The molecule has 7 heteroatoms. The lowest BCUT2D eigenvalue weighted by Gasteiger charge is -2.37. The molecular formula is C16H23FN2O3S. The van der Waals surface area contributed by atoms with Crippen LogP contribution in [0.2, 0.25) is 0 Å². The van der Waals surface area contributed by atoms with Crippen molar-refractivity contribution in [2.24, 2.45) is 5.41 Å². The molecule has 1 saturated heterocycles. The zero-order chi connectivity index (χ0) is 17.4. The Kier molecular flexibility index (Phi) is 4.82. The van der Waals surface area contributed by atoms with Gasteiger partial charge in [-0.15, -0.1) is 0 Å². The summed E-state index contributed by atoms with van der Waals surface area (Å²) in [4.78, 5) is 13.6. The van der Waals surface area contributed by atoms with Gasteiger partial charge in [-0.05, 0) is 24.6 Å². The van der Waals surface area contributed by atoms with E-state index in [1.807, 2.05) is 20.8 Å². The molecule has 1 aliphatic heterocycles. The summed E-state index contributed by atoms with van der Waals surface area (Å²) in [7, 11) is -3.88. The van der Waals surface area contributed by atoms with Crippen LogP contribution in [0.3, 0.4) is 0 Å². The lowest BCUT2D eigenvalue weighted by Crippen LogP contribution is -2.53. The van der Waals surface area contributed by atoms with Crippen LogP contribution >= 0.6 is 0 Å². The van der Waals surface area contributed by atoms with Gasteiger partial charge in [0.2, 0.25) is 15.9 Å². The third kappa shape index (κ3) is 3.72. The third-order valence-electron chi connectivity index (χ3n) is 3.87. The Balaban J connectivity index is 2.16. The Bertz CT molecular complexity index is 703. The Hall–Kier alpha value is -1.47. The second-order valence-electron chi connectivity index (χ2n) is 6.88. The van der Waals surface area contributed by atoms with E-state index in [0.29, 0.717) is 18.7 Å². The molecule has 0 unspecified atom stereocenters. The number of hydrogen-bond acceptors (Lipinski definition) is 3. The van der Waals surface area contributed by atoms with Crippen molar-refractivity contribution in [2.75, 3.05) is 26.2 Å². The van der Waals surface area contributed by atoms with E-state index in [4.69, 9.17) is 0 Å². The molecule has 0 aliphatic carbocycles. The molecule has 23 heavy (non-hydrogen) atoms. The first-order chi connectivity index (χ1) is 10.5. The largest absolute Gasteiger partial charge is 0.340 e. The SMILES string of the molecule is Cc1ccc(F)c(S(=O)(=O)N2CCN(C(=O)C(C)(C)C)CC2)c1. The zero-order valence-corrected chi connectivity index (χ0v) is 14.8. The summed E-state index contributed by atoms with van der Waals surface area (Å²) in [6.45, 7) is 8.22. The minimum absolute atomic E-state index is 0.00344. The van der Waals surface area contributed by atoms with Crippen LogP contribution in [0.25, 0.3) is 0 Å². The van der Waals surface area contributed by atoms with Gasteiger partial charge in [0.1, 0.15) is 10.7 Å². The monoisotopic (exact) mass is 342 g/mol. The van der Waals surface area contributed by atoms with Gasteiger partial charge < -0.3 is 4.90 Å². The summed E-state index contributed by atoms with van der Waals surface area (Å²) in [6.07, 6.45) is 0. The molecule has 1 heterocycles. The second kappa shape index (κ2) is 6.20. The predicted molar refractivity (Wildman–Crippen MR) is 85.9 cm³/mol. The molecular weight excluding hydrogens is 319 g/mol. The van der Waals surface area contributed by atoms with Crippen molar-refractivity contribution in [3.63, 3.8) is 0 Å². The minimum Gasteiger partial charge on any atom is -0.340 e. The molecule has 0 saturated carbocycles. The van der Waals surface area contributed by atoms with Crippen molar-refractivity contribution < 1.29 is 17.6 Å². The van der Waals surface area contributed by atoms with Crippen LogP contribution in [0.4, 0.5) is 4.39 Å². The van der Waals surface area contributed by atoms with Gasteiger partial charge in [-0.3, -0.25) is 4.79 Å². The fourth-order valence-corrected chi connectivity index (χ4v) is 4.12. The number of rotatable bonds is 2. The summed E-state index contributed by atoms with van der Waals surface area (Å²) in [5.74, 6) is -0.750. The van der Waals surface area contributed by atoms with E-state index < -0.39 is 21.3 Å². The van der Waals surface area contributed by atoms with E-state index in [9.17, 15) is 17.6 Å². The highest BCUT2D eigenvalue weighted by atomic mass is 32.2. The molecule has 0 spiro atoms. The fourth-order valence-electron chi connectivity index (χ4n) is 2.55. The number of aryl methyl sites for hydroxylation is 1. The van der Waals surface area contributed by atoms with E-state index in [0.717, 1.165) is 0 Å². The van der Waals surface area contributed by atoms with Crippen molar-refractivity contribution in [2.45, 2.75) is 32.6 Å². The maximum Gasteiger partial charge on any atom is 0.246 e. The number of sulfonamides is 1. The molecule has 2 rings (SSSR count). The standard InChI is InChI=1S/C16H23FN2O3S/c1-12-5-6-13(17)14(11-12)23(21,22)19-9-7-18(8-10-19)15(20)16(2,3)4/h5-6,11H,7-10H2,1-4H3. The highest BCUT2D eigenvalue weighted by Gasteiger charge is 2.34. The Morgan fingerprint density at radius 3 is 2.22 bits per heavy atom. The summed E-state index contributed by atoms with van der Waals surface area (Å²) in [6, 6.07) is 4.05. The topological polar surface area (TPSA) is 57.7 Å². The molecule has 0 aromatic heterocycles. The molecule has 1 fully saturated rings. The molecule has 1 aliphatic rings. The number of nitrogens with zero attached hydrogens (tertiary/aromatic N) is 2. The number of carbonyl (C=O) groups is 1. The molecule has 0 bridgehead atoms. The first-order valence-electron chi connectivity index (χ1n) is 7.59. The van der Waals surface area contributed by atoms with Crippen molar-refractivity contribution >= 4 is 15.9 Å². The molecule has 128 valence electrons. The molecule has 0 atom stereocenters. The van der Waals surface area contributed by atoms with Crippen molar-refractivity contribution in [1.82, 2.24) is 9.21 Å². The van der Waals surface area contributed by atoms with Gasteiger partial charge in [0, 0.05) is 31.6 Å². The van der Waals surface area contributed by atoms with E-state index in [2.05, 4.69) is 0 Å². The van der Waals surface area contributed by atoms with E-state index in [-0.39, 0.29) is 23.9 Å². The first kappa shape index (κ1) is 17.9. The van der Waals surface area contributed by atoms with Crippen LogP contribution in [0.1, 0.15) is 26.3 Å². The predicted octanol–water partition coefficient (Wildman–Crippen LogP) is 2.01. The number of piperazine rings is 1. The molecule has 1 aromatic carbocycles. The Labute approximate surface area is 137 Å². The average Bonchev–Trinajstić information content (AvgIpc) is 2.48. The average molecular weight is 342 g/mol. The summed E-state index contributed by atoms with van der Waals surface area (Å²) in [5, 5.41) is 0. The van der Waals surface area contributed by atoms with Crippen LogP contribution in [0, 0.1) is 18.2 Å². The normalized spacial score (nSPS) is 17.3. The Morgan fingerprint density at radius 1 is 1.13 bits per heavy atom. The van der Waals surface area contributed by atoms with Crippen molar-refractivity contribution in [3.8, 4) is 0 Å². The Morgan fingerprint density at radius 2 is 1.70 bits per heavy atom. The van der Waals surface area contributed by atoms with E-state index in [1.165, 1.54) is 22.5 Å². The van der Waals surface area contributed by atoms with Crippen LogP contribution in [-0.4, -0.2) is 49.7 Å². The number of benzene rings is 1. The van der Waals surface area contributed by atoms with Crippen molar-refractivity contribution in [1.29, 1.82) is 0 Å². The lowest BCUT2D eigenvalue weighted by molar-refractivity contribution is -0.140. The van der Waals surface area contributed by atoms with Gasteiger partial charge in [0.25, 0.3) is 0 Å². The zero-order valence-electron chi connectivity index (χ0n) is 14.0. The second-order valence-corrected chi connectivity index (χ2v) is 8.79. The van der Waals surface area contributed by atoms with Gasteiger partial charge in [0.05, 0.1) is 0 Å². The van der Waals surface area contributed by atoms with Gasteiger partial charge in [-0.25, -0.2) is 12.8 Å². The van der Waals surface area contributed by atoms with Gasteiger partial charge >= 0.3 is 0 Å². The minimum atomic E-state index is -3.88. The summed E-state index contributed by atoms with van der Waals surface area (Å²) >= 11 is 0. The maximum absolute atomic E-state index is 13.9. The molecule has 0 radical (unpaired) electrons. The molecule has 5 nitrogen and oxygen atoms in total. The summed E-state index contributed by atoms with van der Waals surface area (Å²) < 4.78 is 40.4. The van der Waals surface area contributed by atoms with E-state index >= 15 is 0 Å². The van der Waals surface area contributed by atoms with Crippen LogP contribution < -0.4 is 0 Å². The molecule has 0 N–H and O–H groups in total.